The molecule has 1 aliphatic heterocycles. The molecule has 1 fully saturated rings. The minimum Gasteiger partial charge on any atom is -0.377 e. The predicted octanol–water partition coefficient (Wildman–Crippen LogP) is -1.01. The van der Waals surface area contributed by atoms with E-state index in [1.807, 2.05) is 6.92 Å². The lowest BCUT2D eigenvalue weighted by molar-refractivity contribution is -0.118. The molecule has 1 amide bonds. The van der Waals surface area contributed by atoms with Crippen LogP contribution in [0.25, 0.3) is 0 Å². The van der Waals surface area contributed by atoms with Gasteiger partial charge < -0.3 is 15.8 Å². The van der Waals surface area contributed by atoms with E-state index in [4.69, 9.17) is 10.5 Å². The van der Waals surface area contributed by atoms with Gasteiger partial charge in [-0.05, 0) is 13.3 Å². The van der Waals surface area contributed by atoms with E-state index in [1.54, 1.807) is 0 Å². The third kappa shape index (κ3) is 3.89. The summed E-state index contributed by atoms with van der Waals surface area (Å²) >= 11 is 0. The zero-order chi connectivity index (χ0) is 11.3. The van der Waals surface area contributed by atoms with Crippen molar-refractivity contribution in [2.45, 2.75) is 24.7 Å². The van der Waals surface area contributed by atoms with Crippen LogP contribution in [0, 0.1) is 0 Å². The largest absolute Gasteiger partial charge is 0.377 e. The Labute approximate surface area is 92.2 Å². The topological polar surface area (TPSA) is 81.4 Å². The molecule has 3 unspecified atom stereocenters. The quantitative estimate of drug-likeness (QED) is 0.638. The molecule has 88 valence electrons. The molecular weight excluding hydrogens is 216 g/mol. The van der Waals surface area contributed by atoms with E-state index in [-0.39, 0.29) is 23.0 Å². The van der Waals surface area contributed by atoms with Crippen LogP contribution in [-0.4, -0.2) is 46.9 Å². The van der Waals surface area contributed by atoms with Crippen molar-refractivity contribution in [3.8, 4) is 0 Å². The lowest BCUT2D eigenvalue weighted by Crippen LogP contribution is -2.36. The van der Waals surface area contributed by atoms with Crippen molar-refractivity contribution < 1.29 is 13.7 Å². The van der Waals surface area contributed by atoms with E-state index in [0.29, 0.717) is 19.7 Å². The summed E-state index contributed by atoms with van der Waals surface area (Å²) in [7, 11) is -1.14. The van der Waals surface area contributed by atoms with Gasteiger partial charge in [0.05, 0.1) is 11.4 Å². The van der Waals surface area contributed by atoms with Gasteiger partial charge in [0.2, 0.25) is 5.91 Å². The molecule has 0 spiro atoms. The van der Waals surface area contributed by atoms with Crippen LogP contribution in [0.1, 0.15) is 13.3 Å². The molecule has 0 bridgehead atoms. The zero-order valence-electron chi connectivity index (χ0n) is 8.90. The van der Waals surface area contributed by atoms with Crippen LogP contribution in [0.4, 0.5) is 0 Å². The second kappa shape index (κ2) is 6.19. The van der Waals surface area contributed by atoms with Gasteiger partial charge in [-0.25, -0.2) is 0 Å². The van der Waals surface area contributed by atoms with Crippen LogP contribution >= 0.6 is 0 Å². The molecule has 1 aliphatic rings. The number of rotatable bonds is 5. The Morgan fingerprint density at radius 1 is 1.67 bits per heavy atom. The summed E-state index contributed by atoms with van der Waals surface area (Å²) in [5.74, 6) is -0.142. The Kier molecular flexibility index (Phi) is 5.21. The summed E-state index contributed by atoms with van der Waals surface area (Å²) in [5, 5.41) is 2.60. The minimum atomic E-state index is -1.14. The maximum absolute atomic E-state index is 11.8. The van der Waals surface area contributed by atoms with Crippen molar-refractivity contribution in [1.82, 2.24) is 5.32 Å². The molecule has 1 heterocycles. The first kappa shape index (κ1) is 12.6. The smallest absolute Gasteiger partial charge is 0.232 e. The average molecular weight is 234 g/mol. The fourth-order valence-electron chi connectivity index (χ4n) is 1.56. The molecule has 3 atom stereocenters. The van der Waals surface area contributed by atoms with Crippen molar-refractivity contribution in [1.29, 1.82) is 0 Å². The highest BCUT2D eigenvalue weighted by atomic mass is 32.2. The normalized spacial score (nSPS) is 27.6. The van der Waals surface area contributed by atoms with Gasteiger partial charge in [0.25, 0.3) is 0 Å². The SMILES string of the molecule is CC1OCCC1S(=O)CC(=O)NCCN. The molecule has 0 aliphatic carbocycles. The van der Waals surface area contributed by atoms with Gasteiger partial charge in [-0.2, -0.15) is 0 Å². The molecule has 3 N–H and O–H groups in total. The molecule has 0 saturated carbocycles. The molecular formula is C9H18N2O3S. The second-order valence-electron chi connectivity index (χ2n) is 3.57. The van der Waals surface area contributed by atoms with E-state index >= 15 is 0 Å². The summed E-state index contributed by atoms with van der Waals surface area (Å²) in [6.45, 7) is 3.38. The molecule has 1 rings (SSSR count). The number of carbonyl (C=O) groups is 1. The summed E-state index contributed by atoms with van der Waals surface area (Å²) < 4.78 is 17.1. The number of hydrogen-bond acceptors (Lipinski definition) is 4. The van der Waals surface area contributed by atoms with Crippen LogP contribution in [0.3, 0.4) is 0 Å². The van der Waals surface area contributed by atoms with Gasteiger partial charge in [-0.15, -0.1) is 0 Å². The van der Waals surface area contributed by atoms with Crippen LogP contribution in [0.15, 0.2) is 0 Å². The number of amides is 1. The summed E-state index contributed by atoms with van der Waals surface area (Å²) in [6, 6.07) is 0. The Hall–Kier alpha value is -0.460. The fraction of sp³-hybridized carbons (Fsp3) is 0.889. The maximum Gasteiger partial charge on any atom is 0.232 e. The highest BCUT2D eigenvalue weighted by molar-refractivity contribution is 7.86. The molecule has 1 saturated heterocycles. The van der Waals surface area contributed by atoms with Gasteiger partial charge in [0, 0.05) is 30.5 Å². The third-order valence-electron chi connectivity index (χ3n) is 2.38. The molecule has 15 heavy (non-hydrogen) atoms. The van der Waals surface area contributed by atoms with Gasteiger partial charge >= 0.3 is 0 Å². The second-order valence-corrected chi connectivity index (χ2v) is 5.22. The Balaban J connectivity index is 2.31. The average Bonchev–Trinajstić information content (AvgIpc) is 2.61. The maximum atomic E-state index is 11.8. The van der Waals surface area contributed by atoms with Crippen LogP contribution < -0.4 is 11.1 Å². The predicted molar refractivity (Wildman–Crippen MR) is 58.9 cm³/mol. The van der Waals surface area contributed by atoms with E-state index in [1.165, 1.54) is 0 Å². The Bertz CT molecular complexity index is 248. The van der Waals surface area contributed by atoms with E-state index < -0.39 is 10.8 Å². The van der Waals surface area contributed by atoms with Gasteiger partial charge in [-0.1, -0.05) is 0 Å². The lowest BCUT2D eigenvalue weighted by Gasteiger charge is -2.13. The summed E-state index contributed by atoms with van der Waals surface area (Å²) in [5.41, 5.74) is 5.24. The molecule has 0 aromatic rings. The van der Waals surface area contributed by atoms with Crippen molar-refractivity contribution in [2.75, 3.05) is 25.4 Å². The highest BCUT2D eigenvalue weighted by Gasteiger charge is 2.30. The third-order valence-corrected chi connectivity index (χ3v) is 4.23. The first-order chi connectivity index (χ1) is 7.15. The number of nitrogens with one attached hydrogen (secondary N) is 1. The van der Waals surface area contributed by atoms with Crippen molar-refractivity contribution in [2.24, 2.45) is 5.73 Å². The Morgan fingerprint density at radius 2 is 2.40 bits per heavy atom. The molecule has 5 nitrogen and oxygen atoms in total. The molecule has 0 aromatic carbocycles. The first-order valence-electron chi connectivity index (χ1n) is 5.10. The van der Waals surface area contributed by atoms with E-state index in [9.17, 15) is 9.00 Å². The van der Waals surface area contributed by atoms with Crippen LogP contribution in [0.5, 0.6) is 0 Å². The first-order valence-corrected chi connectivity index (χ1v) is 6.49. The number of carbonyl (C=O) groups excluding carboxylic acids is 1. The number of nitrogens with two attached hydrogens (primary N) is 1. The van der Waals surface area contributed by atoms with Crippen molar-refractivity contribution >= 4 is 16.7 Å². The molecule has 0 aromatic heterocycles. The number of ether oxygens (including phenoxy) is 1. The van der Waals surface area contributed by atoms with Gasteiger partial charge in [0.15, 0.2) is 0 Å². The zero-order valence-corrected chi connectivity index (χ0v) is 9.72. The van der Waals surface area contributed by atoms with Gasteiger partial charge in [-0.3, -0.25) is 9.00 Å². The standard InChI is InChI=1S/C9H18N2O3S/c1-7-8(2-5-14-7)15(13)6-9(12)11-4-3-10/h7-8H,2-6,10H2,1H3,(H,11,12). The van der Waals surface area contributed by atoms with Crippen LogP contribution in [-0.2, 0) is 20.3 Å². The molecule has 0 radical (unpaired) electrons. The summed E-state index contributed by atoms with van der Waals surface area (Å²) in [6.07, 6.45) is 0.769. The van der Waals surface area contributed by atoms with Gasteiger partial charge in [0.1, 0.15) is 5.75 Å². The fourth-order valence-corrected chi connectivity index (χ4v) is 3.00. The van der Waals surface area contributed by atoms with Crippen molar-refractivity contribution in [3.05, 3.63) is 0 Å². The molecule has 6 heteroatoms. The highest BCUT2D eigenvalue weighted by Crippen LogP contribution is 2.18. The lowest BCUT2D eigenvalue weighted by atomic mass is 10.3. The van der Waals surface area contributed by atoms with Crippen molar-refractivity contribution in [3.63, 3.8) is 0 Å². The monoisotopic (exact) mass is 234 g/mol. The summed E-state index contributed by atoms with van der Waals surface area (Å²) in [4.78, 5) is 11.3. The van der Waals surface area contributed by atoms with E-state index in [0.717, 1.165) is 6.42 Å². The van der Waals surface area contributed by atoms with E-state index in [2.05, 4.69) is 5.32 Å². The Morgan fingerprint density at radius 3 is 2.93 bits per heavy atom. The minimum absolute atomic E-state index is 0.00590. The number of hydrogen-bond donors (Lipinski definition) is 2. The van der Waals surface area contributed by atoms with Crippen LogP contribution in [0.2, 0.25) is 0 Å².